The van der Waals surface area contributed by atoms with Gasteiger partial charge < -0.3 is 36.2 Å². The molecule has 126 valence electrons. The molecule has 0 bridgehead atoms. The Balaban J connectivity index is 2.09. The van der Waals surface area contributed by atoms with Crippen LogP contribution in [0.2, 0.25) is 0 Å². The molecule has 4 atom stereocenters. The van der Waals surface area contributed by atoms with Gasteiger partial charge in [0.15, 0.2) is 23.2 Å². The number of hydrogen-bond donors (Lipinski definition) is 6. The molecule has 1 aliphatic heterocycles. The van der Waals surface area contributed by atoms with E-state index < -0.39 is 31.1 Å². The fraction of sp³-hybridized carbons (Fsp3) is 0.583. The summed E-state index contributed by atoms with van der Waals surface area (Å²) in [7, 11) is 0. The van der Waals surface area contributed by atoms with Crippen molar-refractivity contribution in [2.45, 2.75) is 24.5 Å². The van der Waals surface area contributed by atoms with Crippen molar-refractivity contribution in [1.82, 2.24) is 19.5 Å². The minimum absolute atomic E-state index is 0.139. The van der Waals surface area contributed by atoms with Crippen molar-refractivity contribution in [1.29, 1.82) is 0 Å². The van der Waals surface area contributed by atoms with Crippen molar-refractivity contribution < 1.29 is 25.2 Å². The highest BCUT2D eigenvalue weighted by atomic mass is 16.6. The number of nitrogens with one attached hydrogen (secondary N) is 1. The lowest BCUT2D eigenvalue weighted by molar-refractivity contribution is -0.0501. The molecule has 0 radical (unpaired) electrons. The maximum atomic E-state index is 10.2. The molecule has 11 heteroatoms. The summed E-state index contributed by atoms with van der Waals surface area (Å²) < 4.78 is 6.94. The Bertz CT molecular complexity index is 694. The van der Waals surface area contributed by atoms with Crippen LogP contribution in [0.4, 0.5) is 11.8 Å². The number of rotatable bonds is 5. The monoisotopic (exact) mass is 326 g/mol. The number of fused-ring (bicyclic) bond motifs is 1. The topological polar surface area (TPSA) is 172 Å². The minimum Gasteiger partial charge on any atom is -0.395 e. The second-order valence-electron chi connectivity index (χ2n) is 5.12. The van der Waals surface area contributed by atoms with Crippen molar-refractivity contribution in [2.24, 2.45) is 0 Å². The molecule has 0 aliphatic carbocycles. The molecule has 1 saturated heterocycles. The minimum atomic E-state index is -1.30. The summed E-state index contributed by atoms with van der Waals surface area (Å²) >= 11 is 0. The molecule has 0 spiro atoms. The number of imidazole rings is 1. The smallest absolute Gasteiger partial charge is 0.207 e. The highest BCUT2D eigenvalue weighted by Crippen LogP contribution is 2.34. The Morgan fingerprint density at radius 3 is 2.70 bits per heavy atom. The van der Waals surface area contributed by atoms with Gasteiger partial charge >= 0.3 is 0 Å². The zero-order valence-corrected chi connectivity index (χ0v) is 12.1. The van der Waals surface area contributed by atoms with Crippen LogP contribution in [-0.2, 0) is 4.74 Å². The quantitative estimate of drug-likeness (QED) is 0.343. The van der Waals surface area contributed by atoms with Crippen molar-refractivity contribution in [3.63, 3.8) is 0 Å². The van der Waals surface area contributed by atoms with Crippen LogP contribution in [0.5, 0.6) is 0 Å². The Kier molecular flexibility index (Phi) is 4.28. The average Bonchev–Trinajstić information content (AvgIpc) is 3.05. The number of aliphatic hydroxyl groups is 4. The van der Waals surface area contributed by atoms with Gasteiger partial charge in [0.25, 0.3) is 0 Å². The molecule has 7 N–H and O–H groups in total. The van der Waals surface area contributed by atoms with Crippen LogP contribution in [0.1, 0.15) is 6.23 Å². The number of aliphatic hydroxyl groups excluding tert-OH is 4. The highest BCUT2D eigenvalue weighted by Gasteiger charge is 2.45. The molecule has 11 nitrogen and oxygen atoms in total. The van der Waals surface area contributed by atoms with Gasteiger partial charge in [-0.3, -0.25) is 4.57 Å². The van der Waals surface area contributed by atoms with E-state index in [0.29, 0.717) is 11.2 Å². The first-order valence-electron chi connectivity index (χ1n) is 7.04. The molecular formula is C12H18N6O5. The fourth-order valence-corrected chi connectivity index (χ4v) is 2.55. The number of nitrogens with zero attached hydrogens (tertiary/aromatic N) is 4. The van der Waals surface area contributed by atoms with Crippen LogP contribution in [0.3, 0.4) is 0 Å². The van der Waals surface area contributed by atoms with Crippen molar-refractivity contribution in [3.05, 3.63) is 6.33 Å². The number of aromatic nitrogens is 4. The van der Waals surface area contributed by atoms with E-state index in [0.717, 1.165) is 0 Å². The standard InChI is InChI=1S/C12H18N6O5/c13-9-6-10(16-4-15-9)18(12(17-6)14-1-2-19)11-8(22)7(21)5(3-20)23-11/h4-5,7-8,11,19-22H,1-3H2,(H,14,17)(H2,13,15,16)/t5-,7+,8-,11-/m1/s1. The summed E-state index contributed by atoms with van der Waals surface area (Å²) in [5.74, 6) is 0.392. The predicted molar refractivity (Wildman–Crippen MR) is 78.3 cm³/mol. The van der Waals surface area contributed by atoms with Crippen LogP contribution in [-0.4, -0.2) is 78.0 Å². The van der Waals surface area contributed by atoms with Crippen molar-refractivity contribution in [3.8, 4) is 0 Å². The molecule has 0 saturated carbocycles. The lowest BCUT2D eigenvalue weighted by atomic mass is 10.1. The van der Waals surface area contributed by atoms with Crippen LogP contribution in [0.25, 0.3) is 11.2 Å². The van der Waals surface area contributed by atoms with E-state index in [9.17, 15) is 15.3 Å². The molecule has 3 rings (SSSR count). The molecular weight excluding hydrogens is 308 g/mol. The zero-order valence-electron chi connectivity index (χ0n) is 12.1. The largest absolute Gasteiger partial charge is 0.395 e. The lowest BCUT2D eigenvalue weighted by Crippen LogP contribution is -2.33. The summed E-state index contributed by atoms with van der Waals surface area (Å²) in [5, 5.41) is 41.2. The molecule has 1 aliphatic rings. The van der Waals surface area contributed by atoms with E-state index in [2.05, 4.69) is 20.3 Å². The molecule has 0 unspecified atom stereocenters. The van der Waals surface area contributed by atoms with Crippen LogP contribution >= 0.6 is 0 Å². The van der Waals surface area contributed by atoms with Gasteiger partial charge in [-0.25, -0.2) is 15.0 Å². The number of hydrogen-bond acceptors (Lipinski definition) is 10. The van der Waals surface area contributed by atoms with Gasteiger partial charge in [0.1, 0.15) is 24.6 Å². The SMILES string of the molecule is Nc1ncnc2c1nc(NCCO)n2[C@@H]1O[C@H](CO)[C@H](O)[C@H]1O. The highest BCUT2D eigenvalue weighted by molar-refractivity contribution is 5.84. The third-order valence-electron chi connectivity index (χ3n) is 3.67. The summed E-state index contributed by atoms with van der Waals surface area (Å²) in [6, 6.07) is 0. The van der Waals surface area contributed by atoms with Gasteiger partial charge in [-0.15, -0.1) is 0 Å². The Hall–Kier alpha value is -2.05. The normalized spacial score (nSPS) is 27.7. The van der Waals surface area contributed by atoms with Gasteiger partial charge in [-0.05, 0) is 0 Å². The first-order valence-corrected chi connectivity index (χ1v) is 7.04. The van der Waals surface area contributed by atoms with Gasteiger partial charge in [0.2, 0.25) is 5.95 Å². The van der Waals surface area contributed by atoms with Crippen LogP contribution in [0.15, 0.2) is 6.33 Å². The number of anilines is 2. The lowest BCUT2D eigenvalue weighted by Gasteiger charge is -2.19. The van der Waals surface area contributed by atoms with E-state index >= 15 is 0 Å². The van der Waals surface area contributed by atoms with E-state index in [1.807, 2.05) is 0 Å². The van der Waals surface area contributed by atoms with Crippen molar-refractivity contribution in [2.75, 3.05) is 30.8 Å². The van der Waals surface area contributed by atoms with Gasteiger partial charge in [-0.2, -0.15) is 0 Å². The van der Waals surface area contributed by atoms with Gasteiger partial charge in [0, 0.05) is 6.54 Å². The summed E-state index contributed by atoms with van der Waals surface area (Å²) in [4.78, 5) is 12.2. The first-order chi connectivity index (χ1) is 11.1. The Labute approximate surface area is 130 Å². The molecule has 3 heterocycles. The maximum absolute atomic E-state index is 10.2. The van der Waals surface area contributed by atoms with Gasteiger partial charge in [0.05, 0.1) is 13.2 Å². The molecule has 0 amide bonds. The molecule has 2 aromatic heterocycles. The summed E-state index contributed by atoms with van der Waals surface area (Å²) in [6.45, 7) is -0.385. The second-order valence-corrected chi connectivity index (χ2v) is 5.12. The zero-order chi connectivity index (χ0) is 16.6. The third-order valence-corrected chi connectivity index (χ3v) is 3.67. The maximum Gasteiger partial charge on any atom is 0.207 e. The molecule has 23 heavy (non-hydrogen) atoms. The predicted octanol–water partition coefficient (Wildman–Crippen LogP) is -2.58. The first kappa shape index (κ1) is 15.8. The summed E-state index contributed by atoms with van der Waals surface area (Å²) in [5.41, 5.74) is 6.38. The van der Waals surface area contributed by atoms with Crippen LogP contribution < -0.4 is 11.1 Å². The average molecular weight is 326 g/mol. The number of nitrogen functional groups attached to an aromatic ring is 1. The number of ether oxygens (including phenoxy) is 1. The third kappa shape index (κ3) is 2.58. The molecule has 2 aromatic rings. The van der Waals surface area contributed by atoms with Gasteiger partial charge in [-0.1, -0.05) is 0 Å². The second kappa shape index (κ2) is 6.22. The Morgan fingerprint density at radius 1 is 1.26 bits per heavy atom. The molecule has 1 fully saturated rings. The van der Waals surface area contributed by atoms with E-state index in [1.165, 1.54) is 10.9 Å². The number of nitrogens with two attached hydrogens (primary N) is 1. The fourth-order valence-electron chi connectivity index (χ4n) is 2.55. The van der Waals surface area contributed by atoms with Crippen molar-refractivity contribution >= 4 is 22.9 Å². The molecule has 0 aromatic carbocycles. The van der Waals surface area contributed by atoms with E-state index in [1.54, 1.807) is 0 Å². The van der Waals surface area contributed by atoms with Crippen LogP contribution in [0, 0.1) is 0 Å². The van der Waals surface area contributed by atoms with E-state index in [-0.39, 0.29) is 24.9 Å². The Morgan fingerprint density at radius 2 is 2.04 bits per heavy atom. The summed E-state index contributed by atoms with van der Waals surface area (Å²) in [6.07, 6.45) is -3.27. The van der Waals surface area contributed by atoms with E-state index in [4.69, 9.17) is 15.6 Å².